The van der Waals surface area contributed by atoms with Crippen molar-refractivity contribution < 1.29 is 38.7 Å². The van der Waals surface area contributed by atoms with Crippen LogP contribution in [0.5, 0.6) is 0 Å². The average Bonchev–Trinajstić information content (AvgIpc) is 3.12. The Morgan fingerprint density at radius 3 is 2.02 bits per heavy atom. The first-order valence-corrected chi connectivity index (χ1v) is 16.3. The molecule has 0 aromatic heterocycles. The van der Waals surface area contributed by atoms with Gasteiger partial charge in [0.2, 0.25) is 17.4 Å². The molecule has 2 amide bonds. The van der Waals surface area contributed by atoms with Gasteiger partial charge in [0.05, 0.1) is 11.5 Å². The van der Waals surface area contributed by atoms with E-state index in [1.54, 1.807) is 30.3 Å². The van der Waals surface area contributed by atoms with Gasteiger partial charge in [0, 0.05) is 24.7 Å². The Morgan fingerprint density at radius 1 is 0.939 bits per heavy atom. The van der Waals surface area contributed by atoms with Crippen LogP contribution >= 0.6 is 11.8 Å². The van der Waals surface area contributed by atoms with Crippen molar-refractivity contribution in [1.29, 1.82) is 0 Å². The van der Waals surface area contributed by atoms with E-state index >= 15 is 0 Å². The van der Waals surface area contributed by atoms with E-state index in [0.29, 0.717) is 22.4 Å². The zero-order valence-corrected chi connectivity index (χ0v) is 27.0. The Balaban J connectivity index is 1.28. The molecule has 0 aliphatic carbocycles. The number of para-hydroxylation sites is 1. The number of nitro benzene ring substituents is 1. The van der Waals surface area contributed by atoms with Gasteiger partial charge >= 0.3 is 11.9 Å². The SMILES string of the molecule is CC(=O)N(c1ccccc1)C1S[C@@H]2C(C(=O)OC(c3ccccc3)c3ccccc3)C(=O)N2CC1(O)C(=O)OCc1ccc([N+](=O)[O-])cc1. The minimum Gasteiger partial charge on any atom is -0.459 e. The van der Waals surface area contributed by atoms with Gasteiger partial charge in [0.25, 0.3) is 5.69 Å². The molecule has 4 aromatic rings. The average molecular weight is 682 g/mol. The van der Waals surface area contributed by atoms with E-state index in [0.717, 1.165) is 11.8 Å². The molecule has 2 saturated heterocycles. The highest BCUT2D eigenvalue weighted by atomic mass is 32.2. The fourth-order valence-electron chi connectivity index (χ4n) is 5.92. The van der Waals surface area contributed by atoms with Crippen molar-refractivity contribution in [2.24, 2.45) is 5.92 Å². The molecule has 0 spiro atoms. The smallest absolute Gasteiger partial charge is 0.343 e. The molecule has 6 rings (SSSR count). The summed E-state index contributed by atoms with van der Waals surface area (Å²) in [4.78, 5) is 67.2. The summed E-state index contributed by atoms with van der Waals surface area (Å²) in [5.74, 6) is -4.31. The topological polar surface area (TPSA) is 157 Å². The molecule has 2 heterocycles. The number of thioether (sulfide) groups is 1. The number of rotatable bonds is 10. The van der Waals surface area contributed by atoms with Crippen molar-refractivity contribution in [3.8, 4) is 0 Å². The first-order valence-electron chi connectivity index (χ1n) is 15.3. The normalized spacial score (nSPS) is 21.2. The van der Waals surface area contributed by atoms with Crippen LogP contribution in [0.2, 0.25) is 0 Å². The molecule has 0 saturated carbocycles. The van der Waals surface area contributed by atoms with Crippen molar-refractivity contribution >= 4 is 46.9 Å². The fraction of sp³-hybridized carbons (Fsp3) is 0.222. The number of aliphatic hydroxyl groups is 1. The zero-order chi connectivity index (χ0) is 34.7. The second-order valence-electron chi connectivity index (χ2n) is 11.6. The minimum atomic E-state index is -2.43. The Morgan fingerprint density at radius 2 is 1.49 bits per heavy atom. The lowest BCUT2D eigenvalue weighted by molar-refractivity contribution is -0.384. The highest BCUT2D eigenvalue weighted by Gasteiger charge is 2.65. The maximum Gasteiger partial charge on any atom is 0.343 e. The maximum atomic E-state index is 13.8. The van der Waals surface area contributed by atoms with Crippen LogP contribution in [0.1, 0.15) is 29.7 Å². The van der Waals surface area contributed by atoms with Gasteiger partial charge in [-0.15, -0.1) is 11.8 Å². The minimum absolute atomic E-state index is 0.147. The number of amides is 2. The molecule has 1 N–H and O–H groups in total. The van der Waals surface area contributed by atoms with Crippen LogP contribution in [0.25, 0.3) is 0 Å². The van der Waals surface area contributed by atoms with Gasteiger partial charge in [-0.05, 0) is 41.0 Å². The summed E-state index contributed by atoms with van der Waals surface area (Å²) in [5.41, 5.74) is -0.369. The number of hydrogen-bond donors (Lipinski definition) is 1. The molecular weight excluding hydrogens is 650 g/mol. The summed E-state index contributed by atoms with van der Waals surface area (Å²) in [6, 6.07) is 32.0. The Kier molecular flexibility index (Phi) is 9.47. The molecular formula is C36H31N3O9S. The van der Waals surface area contributed by atoms with Crippen molar-refractivity contribution in [2.75, 3.05) is 11.4 Å². The first-order chi connectivity index (χ1) is 23.6. The van der Waals surface area contributed by atoms with Crippen LogP contribution < -0.4 is 4.90 Å². The van der Waals surface area contributed by atoms with Gasteiger partial charge in [-0.1, -0.05) is 78.9 Å². The van der Waals surface area contributed by atoms with Gasteiger partial charge in [-0.3, -0.25) is 29.4 Å². The molecule has 49 heavy (non-hydrogen) atoms. The van der Waals surface area contributed by atoms with Crippen molar-refractivity contribution in [2.45, 2.75) is 36.0 Å². The lowest BCUT2D eigenvalue weighted by atomic mass is 9.92. The molecule has 13 heteroatoms. The van der Waals surface area contributed by atoms with E-state index in [1.165, 1.54) is 41.0 Å². The maximum absolute atomic E-state index is 13.8. The second-order valence-corrected chi connectivity index (χ2v) is 12.8. The summed E-state index contributed by atoms with van der Waals surface area (Å²) in [5, 5.41) is 20.9. The number of carbonyl (C=O) groups is 4. The quantitative estimate of drug-likeness (QED) is 0.0824. The number of carbonyl (C=O) groups excluding carboxylic acids is 4. The number of β-lactam (4-membered cyclic amide) rings is 1. The van der Waals surface area contributed by atoms with E-state index in [2.05, 4.69) is 0 Å². The number of anilines is 1. The highest BCUT2D eigenvalue weighted by Crippen LogP contribution is 2.49. The van der Waals surface area contributed by atoms with E-state index in [9.17, 15) is 34.4 Å². The van der Waals surface area contributed by atoms with Gasteiger partial charge in [-0.25, -0.2) is 4.79 Å². The summed E-state index contributed by atoms with van der Waals surface area (Å²) < 4.78 is 11.5. The molecule has 2 fully saturated rings. The summed E-state index contributed by atoms with van der Waals surface area (Å²) in [6.07, 6.45) is -0.800. The van der Waals surface area contributed by atoms with Crippen LogP contribution in [0, 0.1) is 16.0 Å². The molecule has 4 atom stereocenters. The van der Waals surface area contributed by atoms with Crippen LogP contribution in [-0.4, -0.2) is 61.6 Å². The monoisotopic (exact) mass is 681 g/mol. The first kappa shape index (κ1) is 33.4. The molecule has 0 bridgehead atoms. The molecule has 0 radical (unpaired) electrons. The van der Waals surface area contributed by atoms with Crippen LogP contribution in [-0.2, 0) is 35.3 Å². The number of benzene rings is 4. The Labute approximate surface area is 285 Å². The predicted molar refractivity (Wildman–Crippen MR) is 179 cm³/mol. The number of non-ortho nitro benzene ring substituents is 1. The third-order valence-corrected chi connectivity index (χ3v) is 10.1. The molecule has 4 aromatic carbocycles. The van der Waals surface area contributed by atoms with E-state index in [1.807, 2.05) is 60.7 Å². The molecule has 250 valence electrons. The van der Waals surface area contributed by atoms with Crippen molar-refractivity contribution in [3.05, 3.63) is 142 Å². The number of nitrogens with zero attached hydrogens (tertiary/aromatic N) is 3. The summed E-state index contributed by atoms with van der Waals surface area (Å²) in [7, 11) is 0. The number of hydrogen-bond acceptors (Lipinski definition) is 10. The summed E-state index contributed by atoms with van der Waals surface area (Å²) in [6.45, 7) is 0.383. The largest absolute Gasteiger partial charge is 0.459 e. The standard InChI is InChI=1S/C36H31N3O9S/c1-23(40)38(27-15-9-4-10-16-27)34-36(44,35(43)47-21-24-17-19-28(20-18-24)39(45)46)22-37-31(41)29(32(37)49-34)33(42)48-30(25-11-5-2-6-12-25)26-13-7-3-8-14-26/h2-20,29-30,32,34,44H,21-22H2,1H3/t29?,32-,34?,36?/m1/s1. The van der Waals surface area contributed by atoms with E-state index in [-0.39, 0.29) is 12.3 Å². The lowest BCUT2D eigenvalue weighted by Crippen LogP contribution is -2.75. The van der Waals surface area contributed by atoms with Crippen LogP contribution in [0.3, 0.4) is 0 Å². The number of esters is 2. The second kappa shape index (κ2) is 13.9. The number of fused-ring (bicyclic) bond motifs is 1. The Hall–Kier alpha value is -5.53. The Bertz CT molecular complexity index is 1820. The highest BCUT2D eigenvalue weighted by molar-refractivity contribution is 8.01. The molecule has 2 aliphatic rings. The molecule has 3 unspecified atom stereocenters. The van der Waals surface area contributed by atoms with Crippen molar-refractivity contribution in [1.82, 2.24) is 4.90 Å². The third kappa shape index (κ3) is 6.62. The van der Waals surface area contributed by atoms with Crippen LogP contribution in [0.4, 0.5) is 11.4 Å². The molecule has 2 aliphatic heterocycles. The zero-order valence-electron chi connectivity index (χ0n) is 26.2. The number of nitro groups is 1. The van der Waals surface area contributed by atoms with Gasteiger partial charge in [0.1, 0.15) is 17.4 Å². The molecule has 12 nitrogen and oxygen atoms in total. The lowest BCUT2D eigenvalue weighted by Gasteiger charge is -2.56. The van der Waals surface area contributed by atoms with Gasteiger partial charge in [0.15, 0.2) is 12.0 Å². The van der Waals surface area contributed by atoms with Gasteiger partial charge < -0.3 is 19.5 Å². The van der Waals surface area contributed by atoms with E-state index in [4.69, 9.17) is 9.47 Å². The van der Waals surface area contributed by atoms with Crippen LogP contribution in [0.15, 0.2) is 115 Å². The van der Waals surface area contributed by atoms with Crippen molar-refractivity contribution in [3.63, 3.8) is 0 Å². The van der Waals surface area contributed by atoms with Gasteiger partial charge in [-0.2, -0.15) is 0 Å². The third-order valence-electron chi connectivity index (χ3n) is 8.40. The van der Waals surface area contributed by atoms with E-state index < -0.39 is 63.6 Å². The predicted octanol–water partition coefficient (Wildman–Crippen LogP) is 4.61. The summed E-state index contributed by atoms with van der Waals surface area (Å²) >= 11 is 0.917. The fourth-order valence-corrected chi connectivity index (χ4v) is 7.68. The number of ether oxygens (including phenoxy) is 2.